The molecule has 0 heterocycles. The van der Waals surface area contributed by atoms with Crippen molar-refractivity contribution in [2.24, 2.45) is 0 Å². The molecule has 0 saturated heterocycles. The van der Waals surface area contributed by atoms with Gasteiger partial charge in [-0.3, -0.25) is 0 Å². The van der Waals surface area contributed by atoms with Crippen LogP contribution in [0.1, 0.15) is 34.7 Å². The van der Waals surface area contributed by atoms with E-state index in [1.807, 2.05) is 0 Å². The van der Waals surface area contributed by atoms with E-state index >= 15 is 0 Å². The molecule has 0 aromatic heterocycles. The van der Waals surface area contributed by atoms with Gasteiger partial charge in [0.1, 0.15) is 0 Å². The van der Waals surface area contributed by atoms with E-state index in [2.05, 4.69) is 75.4 Å². The molecule has 0 bridgehead atoms. The average molecular weight is 274 g/mol. The average Bonchev–Trinajstić information content (AvgIpc) is 2.45. The van der Waals surface area contributed by atoms with E-state index in [9.17, 15) is 0 Å². The lowest BCUT2D eigenvalue weighted by molar-refractivity contribution is 1.14. The first-order valence-corrected chi connectivity index (χ1v) is 7.73. The Kier molecular flexibility index (Phi) is 3.79. The SMILES string of the molecule is CCc1ccc2cc(Cc3cc(C)cc(C)c3)ccc2c1. The number of aryl methyl sites for hydroxylation is 3. The summed E-state index contributed by atoms with van der Waals surface area (Å²) in [6.07, 6.45) is 2.11. The van der Waals surface area contributed by atoms with Gasteiger partial charge in [-0.05, 0) is 54.2 Å². The van der Waals surface area contributed by atoms with E-state index in [1.54, 1.807) is 0 Å². The first-order valence-electron chi connectivity index (χ1n) is 7.73. The van der Waals surface area contributed by atoms with Crippen LogP contribution >= 0.6 is 0 Å². The second kappa shape index (κ2) is 5.73. The van der Waals surface area contributed by atoms with Crippen molar-refractivity contribution in [3.05, 3.63) is 82.4 Å². The highest BCUT2D eigenvalue weighted by Gasteiger charge is 2.01. The minimum Gasteiger partial charge on any atom is -0.0613 e. The number of hydrogen-bond acceptors (Lipinski definition) is 0. The fourth-order valence-corrected chi connectivity index (χ4v) is 3.08. The minimum atomic E-state index is 1.01. The van der Waals surface area contributed by atoms with Gasteiger partial charge in [-0.15, -0.1) is 0 Å². The summed E-state index contributed by atoms with van der Waals surface area (Å²) >= 11 is 0. The fourth-order valence-electron chi connectivity index (χ4n) is 3.08. The molecule has 0 saturated carbocycles. The van der Waals surface area contributed by atoms with Crippen LogP contribution in [0, 0.1) is 13.8 Å². The second-order valence-electron chi connectivity index (χ2n) is 6.04. The van der Waals surface area contributed by atoms with Crippen LogP contribution in [0.3, 0.4) is 0 Å². The van der Waals surface area contributed by atoms with Gasteiger partial charge in [0.25, 0.3) is 0 Å². The highest BCUT2D eigenvalue weighted by molar-refractivity contribution is 5.83. The lowest BCUT2D eigenvalue weighted by Crippen LogP contribution is -1.91. The largest absolute Gasteiger partial charge is 0.0613 e. The molecule has 0 heteroatoms. The van der Waals surface area contributed by atoms with Crippen molar-refractivity contribution in [1.82, 2.24) is 0 Å². The molecule has 0 nitrogen and oxygen atoms in total. The van der Waals surface area contributed by atoms with Crippen LogP contribution in [0.15, 0.2) is 54.6 Å². The van der Waals surface area contributed by atoms with Gasteiger partial charge in [-0.1, -0.05) is 72.6 Å². The van der Waals surface area contributed by atoms with Crippen LogP contribution in [-0.4, -0.2) is 0 Å². The van der Waals surface area contributed by atoms with E-state index in [0.717, 1.165) is 12.8 Å². The Morgan fingerprint density at radius 2 is 1.19 bits per heavy atom. The molecule has 0 fully saturated rings. The third-order valence-electron chi connectivity index (χ3n) is 4.07. The van der Waals surface area contributed by atoms with Gasteiger partial charge in [0.2, 0.25) is 0 Å². The second-order valence-corrected chi connectivity index (χ2v) is 6.04. The number of fused-ring (bicyclic) bond motifs is 1. The van der Waals surface area contributed by atoms with Gasteiger partial charge in [0.15, 0.2) is 0 Å². The van der Waals surface area contributed by atoms with Crippen molar-refractivity contribution in [2.45, 2.75) is 33.6 Å². The molecule has 0 radical (unpaired) electrons. The maximum absolute atomic E-state index is 2.33. The standard InChI is InChI=1S/C21H22/c1-4-17-5-7-21-14-18(6-8-20(21)13-17)12-19-10-15(2)9-16(3)11-19/h5-11,13-14H,4,12H2,1-3H3. The Bertz CT molecular complexity index is 761. The molecule has 21 heavy (non-hydrogen) atoms. The highest BCUT2D eigenvalue weighted by atomic mass is 14.1. The van der Waals surface area contributed by atoms with Crippen LogP contribution in [0.2, 0.25) is 0 Å². The lowest BCUT2D eigenvalue weighted by Gasteiger charge is -2.08. The van der Waals surface area contributed by atoms with Crippen molar-refractivity contribution in [2.75, 3.05) is 0 Å². The maximum atomic E-state index is 2.33. The van der Waals surface area contributed by atoms with Crippen molar-refractivity contribution >= 4 is 10.8 Å². The van der Waals surface area contributed by atoms with Crippen LogP contribution in [0.4, 0.5) is 0 Å². The summed E-state index contributed by atoms with van der Waals surface area (Å²) < 4.78 is 0. The summed E-state index contributed by atoms with van der Waals surface area (Å²) in [5.41, 5.74) is 6.88. The molecule has 0 unspecified atom stereocenters. The van der Waals surface area contributed by atoms with Crippen molar-refractivity contribution in [3.8, 4) is 0 Å². The van der Waals surface area contributed by atoms with Crippen molar-refractivity contribution < 1.29 is 0 Å². The van der Waals surface area contributed by atoms with Gasteiger partial charge < -0.3 is 0 Å². The first-order chi connectivity index (χ1) is 10.1. The summed E-state index contributed by atoms with van der Waals surface area (Å²) in [6, 6.07) is 20.4. The Balaban J connectivity index is 1.94. The first kappa shape index (κ1) is 13.9. The monoisotopic (exact) mass is 274 g/mol. The zero-order valence-electron chi connectivity index (χ0n) is 13.1. The Morgan fingerprint density at radius 1 is 0.619 bits per heavy atom. The summed E-state index contributed by atoms with van der Waals surface area (Å²) in [6.45, 7) is 6.54. The highest BCUT2D eigenvalue weighted by Crippen LogP contribution is 2.21. The van der Waals surface area contributed by atoms with E-state index in [-0.39, 0.29) is 0 Å². The third kappa shape index (κ3) is 3.16. The molecule has 3 rings (SSSR count). The topological polar surface area (TPSA) is 0 Å². The molecule has 0 N–H and O–H groups in total. The van der Waals surface area contributed by atoms with E-state index < -0.39 is 0 Å². The number of benzene rings is 3. The van der Waals surface area contributed by atoms with Crippen LogP contribution < -0.4 is 0 Å². The summed E-state index contributed by atoms with van der Waals surface area (Å²) in [7, 11) is 0. The summed E-state index contributed by atoms with van der Waals surface area (Å²) in [5, 5.41) is 2.69. The van der Waals surface area contributed by atoms with E-state index in [1.165, 1.54) is 38.6 Å². The molecule has 0 aliphatic carbocycles. The third-order valence-corrected chi connectivity index (χ3v) is 4.07. The molecular weight excluding hydrogens is 252 g/mol. The molecule has 3 aromatic rings. The van der Waals surface area contributed by atoms with E-state index in [4.69, 9.17) is 0 Å². The van der Waals surface area contributed by atoms with Gasteiger partial charge in [-0.2, -0.15) is 0 Å². The molecule has 0 atom stereocenters. The smallest absolute Gasteiger partial charge is 0.00254 e. The van der Waals surface area contributed by atoms with Gasteiger partial charge >= 0.3 is 0 Å². The number of rotatable bonds is 3. The Labute approximate surface area is 127 Å². The van der Waals surface area contributed by atoms with Crippen LogP contribution in [0.5, 0.6) is 0 Å². The van der Waals surface area contributed by atoms with Gasteiger partial charge in [0.05, 0.1) is 0 Å². The molecule has 0 spiro atoms. The van der Waals surface area contributed by atoms with Gasteiger partial charge in [0, 0.05) is 0 Å². The maximum Gasteiger partial charge on any atom is -0.00254 e. The predicted octanol–water partition coefficient (Wildman–Crippen LogP) is 5.61. The Morgan fingerprint density at radius 3 is 1.81 bits per heavy atom. The van der Waals surface area contributed by atoms with Crippen molar-refractivity contribution in [1.29, 1.82) is 0 Å². The minimum absolute atomic E-state index is 1.01. The lowest BCUT2D eigenvalue weighted by atomic mass is 9.98. The van der Waals surface area contributed by atoms with Crippen molar-refractivity contribution in [3.63, 3.8) is 0 Å². The zero-order valence-corrected chi connectivity index (χ0v) is 13.1. The molecule has 106 valence electrons. The predicted molar refractivity (Wildman–Crippen MR) is 92.0 cm³/mol. The molecule has 0 amide bonds. The summed E-state index contributed by atoms with van der Waals surface area (Å²) in [4.78, 5) is 0. The molecule has 0 aliphatic heterocycles. The number of hydrogen-bond donors (Lipinski definition) is 0. The fraction of sp³-hybridized carbons (Fsp3) is 0.238. The van der Waals surface area contributed by atoms with E-state index in [0.29, 0.717) is 0 Å². The molecular formula is C21H22. The van der Waals surface area contributed by atoms with Crippen LogP contribution in [0.25, 0.3) is 10.8 Å². The Hall–Kier alpha value is -2.08. The zero-order chi connectivity index (χ0) is 14.8. The molecule has 3 aromatic carbocycles. The normalized spacial score (nSPS) is 11.0. The summed E-state index contributed by atoms with van der Waals surface area (Å²) in [5.74, 6) is 0. The van der Waals surface area contributed by atoms with Gasteiger partial charge in [-0.25, -0.2) is 0 Å². The van der Waals surface area contributed by atoms with Crippen LogP contribution in [-0.2, 0) is 12.8 Å². The molecule has 0 aliphatic rings. The quantitative estimate of drug-likeness (QED) is 0.582.